The van der Waals surface area contributed by atoms with Crippen molar-refractivity contribution in [3.63, 3.8) is 0 Å². The molecule has 0 saturated carbocycles. The van der Waals surface area contributed by atoms with Crippen LogP contribution in [0.1, 0.15) is 0 Å². The lowest BCUT2D eigenvalue weighted by atomic mass is 10.2. The normalized spacial score (nSPS) is 11.0. The Hall–Kier alpha value is -1.47. The van der Waals surface area contributed by atoms with E-state index in [4.69, 9.17) is 9.88 Å². The van der Waals surface area contributed by atoms with Crippen molar-refractivity contribution in [2.75, 3.05) is 30.8 Å². The van der Waals surface area contributed by atoms with Gasteiger partial charge in [-0.3, -0.25) is 4.72 Å². The summed E-state index contributed by atoms with van der Waals surface area (Å²) in [7, 11) is 1.36. The molecule has 90 valence electrons. The molecule has 1 aromatic rings. The van der Waals surface area contributed by atoms with Crippen LogP contribution < -0.4 is 19.5 Å². The van der Waals surface area contributed by atoms with Crippen LogP contribution in [0.15, 0.2) is 18.2 Å². The van der Waals surface area contributed by atoms with Gasteiger partial charge >= 0.3 is 0 Å². The molecular weight excluding hydrogens is 230 g/mol. The van der Waals surface area contributed by atoms with E-state index in [1.165, 1.54) is 7.11 Å². The third kappa shape index (κ3) is 3.28. The summed E-state index contributed by atoms with van der Waals surface area (Å²) < 4.78 is 29.1. The Kier molecular flexibility index (Phi) is 3.61. The molecule has 7 heteroatoms. The van der Waals surface area contributed by atoms with Gasteiger partial charge in [0.25, 0.3) is 10.2 Å². The minimum Gasteiger partial charge on any atom is -0.495 e. The molecular formula is C9H15N3O3S. The summed E-state index contributed by atoms with van der Waals surface area (Å²) in [6.45, 7) is 0. The van der Waals surface area contributed by atoms with Crippen LogP contribution in [0.3, 0.4) is 0 Å². The van der Waals surface area contributed by atoms with E-state index >= 15 is 0 Å². The van der Waals surface area contributed by atoms with Crippen LogP contribution in [0.4, 0.5) is 11.4 Å². The topological polar surface area (TPSA) is 84.7 Å². The summed E-state index contributed by atoms with van der Waals surface area (Å²) in [4.78, 5) is 1.84. The first kappa shape index (κ1) is 12.6. The SMILES string of the molecule is COc1ccc(N(C)C)cc1NS(N)(=O)=O. The van der Waals surface area contributed by atoms with Crippen LogP contribution in [0.2, 0.25) is 0 Å². The van der Waals surface area contributed by atoms with Gasteiger partial charge in [-0.2, -0.15) is 8.42 Å². The number of benzene rings is 1. The number of anilines is 2. The number of hydrogen-bond acceptors (Lipinski definition) is 4. The van der Waals surface area contributed by atoms with E-state index in [2.05, 4.69) is 4.72 Å². The third-order valence-corrected chi connectivity index (χ3v) is 2.46. The molecule has 0 spiro atoms. The average Bonchev–Trinajstić information content (AvgIpc) is 2.15. The van der Waals surface area contributed by atoms with E-state index < -0.39 is 10.2 Å². The Morgan fingerprint density at radius 2 is 2.00 bits per heavy atom. The molecule has 0 heterocycles. The summed E-state index contributed by atoms with van der Waals surface area (Å²) in [6, 6.07) is 5.12. The van der Waals surface area contributed by atoms with Crippen LogP contribution in [0.5, 0.6) is 5.75 Å². The lowest BCUT2D eigenvalue weighted by molar-refractivity contribution is 0.417. The van der Waals surface area contributed by atoms with Crippen molar-refractivity contribution in [3.8, 4) is 5.75 Å². The summed E-state index contributed by atoms with van der Waals surface area (Å²) in [5.41, 5.74) is 1.16. The fraction of sp³-hybridized carbons (Fsp3) is 0.333. The van der Waals surface area contributed by atoms with E-state index in [1.807, 2.05) is 25.1 Å². The number of nitrogens with one attached hydrogen (secondary N) is 1. The molecule has 0 radical (unpaired) electrons. The monoisotopic (exact) mass is 245 g/mol. The van der Waals surface area contributed by atoms with Gasteiger partial charge in [0.15, 0.2) is 0 Å². The summed E-state index contributed by atoms with van der Waals surface area (Å²) in [5, 5.41) is 4.91. The van der Waals surface area contributed by atoms with E-state index in [-0.39, 0.29) is 0 Å². The Morgan fingerprint density at radius 1 is 1.38 bits per heavy atom. The van der Waals surface area contributed by atoms with Gasteiger partial charge < -0.3 is 9.64 Å². The molecule has 0 unspecified atom stereocenters. The van der Waals surface area contributed by atoms with Gasteiger partial charge in [0, 0.05) is 19.8 Å². The standard InChI is InChI=1S/C9H15N3O3S/c1-12(2)7-4-5-9(15-3)8(6-7)11-16(10,13)14/h4-6,11H,1-3H3,(H2,10,13,14). The fourth-order valence-corrected chi connectivity index (χ4v) is 1.67. The maximum Gasteiger partial charge on any atom is 0.296 e. The van der Waals surface area contributed by atoms with Crippen molar-refractivity contribution < 1.29 is 13.2 Å². The molecule has 0 saturated heterocycles. The van der Waals surface area contributed by atoms with Crippen LogP contribution in [-0.2, 0) is 10.2 Å². The minimum absolute atomic E-state index is 0.316. The number of nitrogens with zero attached hydrogens (tertiary/aromatic N) is 1. The summed E-state index contributed by atoms with van der Waals surface area (Å²) in [5.74, 6) is 0.416. The number of methoxy groups -OCH3 is 1. The van der Waals surface area contributed by atoms with Crippen LogP contribution >= 0.6 is 0 Å². The van der Waals surface area contributed by atoms with Gasteiger partial charge in [0.2, 0.25) is 0 Å². The largest absolute Gasteiger partial charge is 0.495 e. The molecule has 0 amide bonds. The van der Waals surface area contributed by atoms with Crippen LogP contribution in [-0.4, -0.2) is 29.6 Å². The van der Waals surface area contributed by atoms with Gasteiger partial charge in [-0.05, 0) is 18.2 Å². The highest BCUT2D eigenvalue weighted by molar-refractivity contribution is 7.90. The molecule has 1 rings (SSSR count). The first-order valence-electron chi connectivity index (χ1n) is 4.49. The quantitative estimate of drug-likeness (QED) is 0.803. The highest BCUT2D eigenvalue weighted by Gasteiger charge is 2.10. The molecule has 16 heavy (non-hydrogen) atoms. The third-order valence-electron chi connectivity index (χ3n) is 1.95. The minimum atomic E-state index is -3.80. The van der Waals surface area contributed by atoms with Gasteiger partial charge in [0.1, 0.15) is 5.75 Å². The predicted octanol–water partition coefficient (Wildman–Crippen LogP) is 0.377. The summed E-state index contributed by atoms with van der Waals surface area (Å²) >= 11 is 0. The van der Waals surface area contributed by atoms with Gasteiger partial charge in [-0.25, -0.2) is 5.14 Å². The van der Waals surface area contributed by atoms with Crippen LogP contribution in [0, 0.1) is 0 Å². The molecule has 0 atom stereocenters. The van der Waals surface area contributed by atoms with Crippen molar-refractivity contribution in [1.82, 2.24) is 0 Å². The van der Waals surface area contributed by atoms with E-state index in [0.29, 0.717) is 11.4 Å². The zero-order valence-electron chi connectivity index (χ0n) is 9.39. The smallest absolute Gasteiger partial charge is 0.296 e. The summed E-state index contributed by atoms with van der Waals surface area (Å²) in [6.07, 6.45) is 0. The average molecular weight is 245 g/mol. The molecule has 6 nitrogen and oxygen atoms in total. The number of ether oxygens (including phenoxy) is 1. The first-order chi connectivity index (χ1) is 7.33. The molecule has 0 aliphatic rings. The van der Waals surface area contributed by atoms with E-state index in [9.17, 15) is 8.42 Å². The Labute approximate surface area is 95.2 Å². The molecule has 3 N–H and O–H groups in total. The Balaban J connectivity index is 3.17. The number of rotatable bonds is 4. The molecule has 0 aliphatic carbocycles. The van der Waals surface area contributed by atoms with Crippen molar-refractivity contribution >= 4 is 21.6 Å². The Bertz CT molecular complexity index is 471. The number of hydrogen-bond donors (Lipinski definition) is 2. The molecule has 0 fully saturated rings. The van der Waals surface area contributed by atoms with Crippen molar-refractivity contribution in [3.05, 3.63) is 18.2 Å². The molecule has 0 bridgehead atoms. The van der Waals surface area contributed by atoms with E-state index in [0.717, 1.165) is 5.69 Å². The lowest BCUT2D eigenvalue weighted by Gasteiger charge is -2.16. The van der Waals surface area contributed by atoms with Gasteiger partial charge in [0.05, 0.1) is 12.8 Å². The zero-order valence-corrected chi connectivity index (χ0v) is 10.2. The number of nitrogens with two attached hydrogens (primary N) is 1. The second kappa shape index (κ2) is 4.58. The predicted molar refractivity (Wildman–Crippen MR) is 64.1 cm³/mol. The zero-order chi connectivity index (χ0) is 12.3. The highest BCUT2D eigenvalue weighted by Crippen LogP contribution is 2.29. The maximum atomic E-state index is 10.9. The van der Waals surface area contributed by atoms with E-state index in [1.54, 1.807) is 12.1 Å². The first-order valence-corrected chi connectivity index (χ1v) is 6.04. The highest BCUT2D eigenvalue weighted by atomic mass is 32.2. The fourth-order valence-electron chi connectivity index (χ4n) is 1.21. The lowest BCUT2D eigenvalue weighted by Crippen LogP contribution is -2.22. The van der Waals surface area contributed by atoms with Crippen molar-refractivity contribution in [1.29, 1.82) is 0 Å². The second-order valence-electron chi connectivity index (χ2n) is 3.43. The van der Waals surface area contributed by atoms with Gasteiger partial charge in [-0.1, -0.05) is 0 Å². The second-order valence-corrected chi connectivity index (χ2v) is 4.72. The molecule has 0 aromatic heterocycles. The van der Waals surface area contributed by atoms with Crippen molar-refractivity contribution in [2.24, 2.45) is 5.14 Å². The molecule has 0 aliphatic heterocycles. The Morgan fingerprint density at radius 3 is 2.44 bits per heavy atom. The van der Waals surface area contributed by atoms with Crippen LogP contribution in [0.25, 0.3) is 0 Å². The van der Waals surface area contributed by atoms with Gasteiger partial charge in [-0.15, -0.1) is 0 Å². The maximum absolute atomic E-state index is 10.9. The van der Waals surface area contributed by atoms with Crippen molar-refractivity contribution in [2.45, 2.75) is 0 Å². The molecule has 1 aromatic carbocycles.